The number of aromatic nitrogens is 2. The van der Waals surface area contributed by atoms with Crippen LogP contribution in [0.4, 0.5) is 11.6 Å². The Bertz CT molecular complexity index is 1160. The van der Waals surface area contributed by atoms with Gasteiger partial charge in [-0.1, -0.05) is 6.07 Å². The van der Waals surface area contributed by atoms with Crippen LogP contribution in [-0.2, 0) is 27.6 Å². The first-order valence-electron chi connectivity index (χ1n) is 11.7. The summed E-state index contributed by atoms with van der Waals surface area (Å²) < 4.78 is 31.7. The van der Waals surface area contributed by atoms with Crippen LogP contribution in [-0.4, -0.2) is 67.2 Å². The normalized spacial score (nSPS) is 17.0. The van der Waals surface area contributed by atoms with Gasteiger partial charge in [-0.3, -0.25) is 4.79 Å². The van der Waals surface area contributed by atoms with Crippen LogP contribution >= 0.6 is 0 Å². The summed E-state index contributed by atoms with van der Waals surface area (Å²) in [7, 11) is -1.93. The number of nitrogens with one attached hydrogen (secondary N) is 1. The Morgan fingerprint density at radius 3 is 2.53 bits per heavy atom. The molecule has 10 heteroatoms. The van der Waals surface area contributed by atoms with E-state index in [-0.39, 0.29) is 11.9 Å². The number of rotatable bonds is 6. The zero-order valence-corrected chi connectivity index (χ0v) is 21.1. The molecule has 9 nitrogen and oxygen atoms in total. The first-order chi connectivity index (χ1) is 16.2. The van der Waals surface area contributed by atoms with E-state index in [0.29, 0.717) is 56.1 Å². The Hall–Kier alpha value is -2.88. The number of carbonyl (C=O) groups excluding carboxylic acids is 1. The number of methoxy groups -OCH3 is 1. The molecular formula is C24H33N5O4S. The predicted molar refractivity (Wildman–Crippen MR) is 131 cm³/mol. The van der Waals surface area contributed by atoms with E-state index in [4.69, 9.17) is 14.7 Å². The van der Waals surface area contributed by atoms with Gasteiger partial charge in [-0.2, -0.15) is 0 Å². The van der Waals surface area contributed by atoms with Crippen LogP contribution in [0.15, 0.2) is 29.2 Å². The van der Waals surface area contributed by atoms with Gasteiger partial charge in [0.25, 0.3) is 0 Å². The SMILES string of the molecule is COc1cccc(S(=O)(=O)C2CCN(c3nc4c(nc3NC(C)C)CCN(C(C)=O)C4)CC2)c1. The van der Waals surface area contributed by atoms with Gasteiger partial charge < -0.3 is 19.9 Å². The van der Waals surface area contributed by atoms with E-state index in [1.54, 1.807) is 36.1 Å². The lowest BCUT2D eigenvalue weighted by molar-refractivity contribution is -0.129. The van der Waals surface area contributed by atoms with Crippen LogP contribution in [0.3, 0.4) is 0 Å². The van der Waals surface area contributed by atoms with Crippen LogP contribution in [0, 0.1) is 0 Å². The van der Waals surface area contributed by atoms with E-state index >= 15 is 0 Å². The molecule has 1 fully saturated rings. The van der Waals surface area contributed by atoms with E-state index in [1.165, 1.54) is 7.11 Å². The lowest BCUT2D eigenvalue weighted by atomic mass is 10.1. The molecule has 0 radical (unpaired) electrons. The molecular weight excluding hydrogens is 454 g/mol. The third kappa shape index (κ3) is 4.96. The number of piperidine rings is 1. The molecule has 0 saturated carbocycles. The quantitative estimate of drug-likeness (QED) is 0.663. The summed E-state index contributed by atoms with van der Waals surface area (Å²) in [6, 6.07) is 6.84. The molecule has 34 heavy (non-hydrogen) atoms. The second-order valence-electron chi connectivity index (χ2n) is 9.19. The lowest BCUT2D eigenvalue weighted by Crippen LogP contribution is -2.41. The fraction of sp³-hybridized carbons (Fsp3) is 0.542. The summed E-state index contributed by atoms with van der Waals surface area (Å²) in [5, 5.41) is 2.94. The smallest absolute Gasteiger partial charge is 0.219 e. The first kappa shape index (κ1) is 24.3. The number of ether oxygens (including phenoxy) is 1. The van der Waals surface area contributed by atoms with E-state index in [0.717, 1.165) is 23.0 Å². The van der Waals surface area contributed by atoms with Gasteiger partial charge in [0, 0.05) is 39.0 Å². The van der Waals surface area contributed by atoms with Crippen molar-refractivity contribution in [2.24, 2.45) is 0 Å². The molecule has 1 saturated heterocycles. The standard InChI is InChI=1S/C24H33N5O4S/c1-16(2)25-23-24(27-22-15-29(17(3)30)13-10-21(22)26-23)28-11-8-19(9-12-28)34(31,32)20-7-5-6-18(14-20)33-4/h5-7,14,16,19H,8-13,15H2,1-4H3,(H,25,26). The van der Waals surface area contributed by atoms with Crippen molar-refractivity contribution in [3.63, 3.8) is 0 Å². The Labute approximate surface area is 201 Å². The average Bonchev–Trinajstić information content (AvgIpc) is 2.83. The highest BCUT2D eigenvalue weighted by Gasteiger charge is 2.33. The van der Waals surface area contributed by atoms with Crippen LogP contribution < -0.4 is 15.0 Å². The number of sulfone groups is 1. The highest BCUT2D eigenvalue weighted by atomic mass is 32.2. The third-order valence-corrected chi connectivity index (χ3v) is 8.67. The Kier molecular flexibility index (Phi) is 6.97. The van der Waals surface area contributed by atoms with Gasteiger partial charge in [-0.15, -0.1) is 0 Å². The number of carbonyl (C=O) groups is 1. The topological polar surface area (TPSA) is 105 Å². The fourth-order valence-corrected chi connectivity index (χ4v) is 6.30. The highest BCUT2D eigenvalue weighted by Crippen LogP contribution is 2.32. The summed E-state index contributed by atoms with van der Waals surface area (Å²) in [5.41, 5.74) is 1.73. The summed E-state index contributed by atoms with van der Waals surface area (Å²) in [6.45, 7) is 7.89. The van der Waals surface area contributed by atoms with Crippen molar-refractivity contribution in [3.8, 4) is 5.75 Å². The van der Waals surface area contributed by atoms with E-state index in [9.17, 15) is 13.2 Å². The molecule has 1 amide bonds. The monoisotopic (exact) mass is 487 g/mol. The number of nitrogens with zero attached hydrogens (tertiary/aromatic N) is 4. The van der Waals surface area contributed by atoms with Crippen molar-refractivity contribution in [2.75, 3.05) is 37.0 Å². The molecule has 0 bridgehead atoms. The number of hydrogen-bond acceptors (Lipinski definition) is 8. The van der Waals surface area contributed by atoms with Gasteiger partial charge in [0.2, 0.25) is 5.91 Å². The number of fused-ring (bicyclic) bond motifs is 1. The maximum Gasteiger partial charge on any atom is 0.219 e. The number of amides is 1. The summed E-state index contributed by atoms with van der Waals surface area (Å²) >= 11 is 0. The lowest BCUT2D eigenvalue weighted by Gasteiger charge is -2.35. The van der Waals surface area contributed by atoms with Crippen molar-refractivity contribution >= 4 is 27.4 Å². The van der Waals surface area contributed by atoms with E-state index in [2.05, 4.69) is 24.1 Å². The Morgan fingerprint density at radius 2 is 1.88 bits per heavy atom. The summed E-state index contributed by atoms with van der Waals surface area (Å²) in [4.78, 5) is 25.9. The van der Waals surface area contributed by atoms with Gasteiger partial charge in [-0.05, 0) is 44.9 Å². The minimum absolute atomic E-state index is 0.0296. The van der Waals surface area contributed by atoms with E-state index < -0.39 is 15.1 Å². The average molecular weight is 488 g/mol. The minimum Gasteiger partial charge on any atom is -0.497 e. The molecule has 0 spiro atoms. The van der Waals surface area contributed by atoms with Gasteiger partial charge >= 0.3 is 0 Å². The van der Waals surface area contributed by atoms with Crippen LogP contribution in [0.2, 0.25) is 0 Å². The molecule has 2 aliphatic rings. The van der Waals surface area contributed by atoms with Crippen molar-refractivity contribution in [1.29, 1.82) is 0 Å². The second-order valence-corrected chi connectivity index (χ2v) is 11.4. The predicted octanol–water partition coefficient (Wildman–Crippen LogP) is 2.65. The first-order valence-corrected chi connectivity index (χ1v) is 13.3. The second kappa shape index (κ2) is 9.77. The molecule has 0 aliphatic carbocycles. The highest BCUT2D eigenvalue weighted by molar-refractivity contribution is 7.92. The van der Waals surface area contributed by atoms with Crippen molar-refractivity contribution in [1.82, 2.24) is 14.9 Å². The van der Waals surface area contributed by atoms with Crippen LogP contribution in [0.25, 0.3) is 0 Å². The molecule has 4 rings (SSSR count). The number of benzene rings is 1. The molecule has 1 N–H and O–H groups in total. The van der Waals surface area contributed by atoms with Crippen LogP contribution in [0.5, 0.6) is 5.75 Å². The maximum absolute atomic E-state index is 13.3. The summed E-state index contributed by atoms with van der Waals surface area (Å²) in [6.07, 6.45) is 1.67. The van der Waals surface area contributed by atoms with Crippen LogP contribution in [0.1, 0.15) is 45.0 Å². The number of anilines is 2. The Balaban J connectivity index is 1.56. The van der Waals surface area contributed by atoms with Gasteiger partial charge in [0.1, 0.15) is 5.75 Å². The fourth-order valence-electron chi connectivity index (χ4n) is 4.53. The summed E-state index contributed by atoms with van der Waals surface area (Å²) in [5.74, 6) is 2.02. The Morgan fingerprint density at radius 1 is 1.15 bits per heavy atom. The third-order valence-electron chi connectivity index (χ3n) is 6.41. The van der Waals surface area contributed by atoms with Crippen molar-refractivity contribution < 1.29 is 17.9 Å². The van der Waals surface area contributed by atoms with Crippen molar-refractivity contribution in [3.05, 3.63) is 35.7 Å². The van der Waals surface area contributed by atoms with Gasteiger partial charge in [-0.25, -0.2) is 18.4 Å². The van der Waals surface area contributed by atoms with Gasteiger partial charge in [0.15, 0.2) is 21.5 Å². The molecule has 184 valence electrons. The molecule has 3 heterocycles. The maximum atomic E-state index is 13.3. The largest absolute Gasteiger partial charge is 0.497 e. The molecule has 1 aromatic carbocycles. The number of hydrogen-bond donors (Lipinski definition) is 1. The van der Waals surface area contributed by atoms with Gasteiger partial charge in [0.05, 0.1) is 35.2 Å². The molecule has 2 aromatic rings. The minimum atomic E-state index is -3.46. The molecule has 1 aromatic heterocycles. The zero-order valence-electron chi connectivity index (χ0n) is 20.2. The van der Waals surface area contributed by atoms with Crippen molar-refractivity contribution in [2.45, 2.75) is 62.8 Å². The molecule has 0 unspecified atom stereocenters. The zero-order chi connectivity index (χ0) is 24.5. The van der Waals surface area contributed by atoms with E-state index in [1.807, 2.05) is 0 Å². The molecule has 0 atom stereocenters. The molecule has 2 aliphatic heterocycles.